The van der Waals surface area contributed by atoms with Gasteiger partial charge in [0, 0.05) is 65.9 Å². The van der Waals surface area contributed by atoms with Crippen LogP contribution in [0.25, 0.3) is 98.8 Å². The Morgan fingerprint density at radius 2 is 0.506 bits per heavy atom. The van der Waals surface area contributed by atoms with E-state index in [0.29, 0.717) is 7.11 Å². The van der Waals surface area contributed by atoms with E-state index in [2.05, 4.69) is 0 Å². The molecule has 1 aliphatic rings. The number of methoxy groups -OCH3 is 1. The molecular weight excluding hydrogens is 1100 g/mol. The number of rotatable bonds is 4. The first-order valence-electron chi connectivity index (χ1n) is 22.0. The molecule has 0 bridgehead atoms. The Balaban J connectivity index is 1.38. The van der Waals surface area contributed by atoms with Gasteiger partial charge in [0.15, 0.2) is 109 Å². The molecule has 31 heteroatoms. The molecule has 0 spiro atoms. The first-order valence-corrected chi connectivity index (χ1v) is 22.0. The lowest BCUT2D eigenvalue weighted by atomic mass is 9.81. The highest BCUT2D eigenvalue weighted by atomic mass is 16.5. The quantitative estimate of drug-likeness (QED) is 0.0506. The number of ether oxygens (including phenoxy) is 1. The van der Waals surface area contributed by atoms with Gasteiger partial charge in [-0.2, -0.15) is 0 Å². The number of fused-ring (bicyclic) bond motifs is 10. The minimum atomic E-state index is -3.99. The van der Waals surface area contributed by atoms with Crippen LogP contribution in [0.3, 0.4) is 0 Å². The Hall–Kier alpha value is -12.1. The minimum absolute atomic E-state index is 0.617. The molecule has 418 valence electrons. The lowest BCUT2D eigenvalue weighted by Gasteiger charge is -2.27. The summed E-state index contributed by atoms with van der Waals surface area (Å²) in [6, 6.07) is 0. The Bertz CT molecular complexity index is 4640. The molecule has 1 heterocycles. The van der Waals surface area contributed by atoms with Crippen LogP contribution in [-0.2, 0) is 5.79 Å². The van der Waals surface area contributed by atoms with Gasteiger partial charge in [-0.25, -0.2) is 0 Å². The molecular formula is C50H32O31. The van der Waals surface area contributed by atoms with Crippen molar-refractivity contribution >= 4 is 54.3 Å². The van der Waals surface area contributed by atoms with Gasteiger partial charge < -0.3 is 157 Å². The van der Waals surface area contributed by atoms with Crippen molar-refractivity contribution in [2.75, 3.05) is 7.11 Å². The molecule has 10 aromatic rings. The SMILES string of the molecule is COc1c(O)c(-c2c3c(O)c(O)c(O)c(O)c3c(-c3c(O)c(O)c(O)c4oc5c6c(O)c(O)c(O)c(O)c6c(O)c(O)c5c34)c3c(O)c(O)c(O)c(O)c23)c(O)c(O)c1-c1c(O)c(O)c(O)c2c1C(O)(O)c1c(O)c(O)c(O)c(O)c1-2. The number of hydrogen-bond donors (Lipinski definition) is 29. The highest BCUT2D eigenvalue weighted by Gasteiger charge is 2.53. The second-order valence-corrected chi connectivity index (χ2v) is 18.1. The predicted octanol–water partition coefficient (Wildman–Crippen LogP) is 4.27. The van der Waals surface area contributed by atoms with Crippen LogP contribution in [-0.4, -0.2) is 155 Å². The molecule has 0 saturated heterocycles. The van der Waals surface area contributed by atoms with E-state index in [9.17, 15) is 148 Å². The van der Waals surface area contributed by atoms with Gasteiger partial charge in [-0.05, 0) is 0 Å². The summed E-state index contributed by atoms with van der Waals surface area (Å²) in [5.41, 5.74) is -16.2. The fourth-order valence-electron chi connectivity index (χ4n) is 10.8. The standard InChI is InChI=1S/C50H32O31/c1-80-48-16(12-18-10(25(56)36(67)27(12)58)11-19(50(18,78)79)35(66)45(76)41(72)26(11)57)32(63)28(59)13(34(48)65)3-6-4(20(51)37(68)39(70)22(6)53)2(5-7(3)23(54)40(71)38(69)21(5)52)8-9-15-31(62)29(60)14-17(33(64)43(74)42(73)30(14)61)47(15)81-49(9)46(77)44(75)24(8)55/h51-79H,1H3. The van der Waals surface area contributed by atoms with E-state index in [1.54, 1.807) is 0 Å². The summed E-state index contributed by atoms with van der Waals surface area (Å²) in [6.07, 6.45) is 0. The Morgan fingerprint density at radius 3 is 0.963 bits per heavy atom. The van der Waals surface area contributed by atoms with E-state index >= 15 is 0 Å². The first-order chi connectivity index (χ1) is 37.8. The summed E-state index contributed by atoms with van der Waals surface area (Å²) in [6.45, 7) is 0. The number of benzene rings is 9. The van der Waals surface area contributed by atoms with Crippen molar-refractivity contribution in [3.05, 3.63) is 11.1 Å². The van der Waals surface area contributed by atoms with Crippen LogP contribution in [0, 0.1) is 0 Å². The lowest BCUT2D eigenvalue weighted by molar-refractivity contribution is -0.129. The predicted molar refractivity (Wildman–Crippen MR) is 265 cm³/mol. The van der Waals surface area contributed by atoms with E-state index in [4.69, 9.17) is 9.15 Å². The van der Waals surface area contributed by atoms with Gasteiger partial charge in [0.2, 0.25) is 69.0 Å². The molecule has 81 heavy (non-hydrogen) atoms. The molecule has 0 amide bonds. The third kappa shape index (κ3) is 5.58. The Kier molecular flexibility index (Phi) is 9.77. The molecule has 11 rings (SSSR count). The fraction of sp³-hybridized carbons (Fsp3) is 0.0400. The van der Waals surface area contributed by atoms with Gasteiger partial charge in [0.05, 0.1) is 40.0 Å². The normalized spacial score (nSPS) is 12.8. The second-order valence-electron chi connectivity index (χ2n) is 18.1. The van der Waals surface area contributed by atoms with Crippen molar-refractivity contribution in [2.45, 2.75) is 5.79 Å². The largest absolute Gasteiger partial charge is 0.504 e. The van der Waals surface area contributed by atoms with Gasteiger partial charge in [-0.15, -0.1) is 0 Å². The summed E-state index contributed by atoms with van der Waals surface area (Å²) < 4.78 is 11.0. The van der Waals surface area contributed by atoms with Gasteiger partial charge in [-0.3, -0.25) is 0 Å². The zero-order valence-electron chi connectivity index (χ0n) is 39.3. The zero-order chi connectivity index (χ0) is 59.6. The molecule has 0 saturated carbocycles. The molecule has 0 atom stereocenters. The topological polar surface area (TPSA) is 609 Å². The molecule has 1 aliphatic carbocycles. The molecule has 0 fully saturated rings. The maximum Gasteiger partial charge on any atom is 0.223 e. The van der Waals surface area contributed by atoms with Crippen LogP contribution >= 0.6 is 0 Å². The third-order valence-electron chi connectivity index (χ3n) is 14.3. The van der Waals surface area contributed by atoms with Crippen molar-refractivity contribution in [3.63, 3.8) is 0 Å². The number of aliphatic hydroxyl groups is 2. The van der Waals surface area contributed by atoms with E-state index in [0.717, 1.165) is 0 Å². The molecule has 0 aliphatic heterocycles. The van der Waals surface area contributed by atoms with E-state index in [-0.39, 0.29) is 0 Å². The Morgan fingerprint density at radius 1 is 0.222 bits per heavy atom. The van der Waals surface area contributed by atoms with Crippen LogP contribution in [0.4, 0.5) is 0 Å². The first kappa shape index (κ1) is 51.0. The van der Waals surface area contributed by atoms with E-state index in [1.165, 1.54) is 0 Å². The van der Waals surface area contributed by atoms with Gasteiger partial charge in [0.25, 0.3) is 0 Å². The lowest BCUT2D eigenvalue weighted by Crippen LogP contribution is -2.24. The summed E-state index contributed by atoms with van der Waals surface area (Å²) in [4.78, 5) is 0. The van der Waals surface area contributed by atoms with E-state index in [1.807, 2.05) is 0 Å². The molecule has 9 aromatic carbocycles. The van der Waals surface area contributed by atoms with Crippen LogP contribution in [0.1, 0.15) is 11.1 Å². The number of phenols is 27. The van der Waals surface area contributed by atoms with Crippen molar-refractivity contribution in [3.8, 4) is 205 Å². The highest BCUT2D eigenvalue weighted by molar-refractivity contribution is 6.35. The third-order valence-corrected chi connectivity index (χ3v) is 14.3. The average molecular weight is 1130 g/mol. The number of hydrogen-bond acceptors (Lipinski definition) is 31. The monoisotopic (exact) mass is 1130 g/mol. The highest BCUT2D eigenvalue weighted by Crippen LogP contribution is 2.72. The fourth-order valence-corrected chi connectivity index (χ4v) is 10.8. The average Bonchev–Trinajstić information content (AvgIpc) is 3.85. The molecule has 1 aromatic heterocycles. The molecule has 0 radical (unpaired) electrons. The van der Waals surface area contributed by atoms with Gasteiger partial charge >= 0.3 is 0 Å². The summed E-state index contributed by atoms with van der Waals surface area (Å²) >= 11 is 0. The van der Waals surface area contributed by atoms with Crippen LogP contribution in [0.5, 0.6) is 161 Å². The molecule has 29 N–H and O–H groups in total. The van der Waals surface area contributed by atoms with Crippen molar-refractivity contribution in [1.82, 2.24) is 0 Å². The maximum absolute atomic E-state index is 12.4. The smallest absolute Gasteiger partial charge is 0.223 e. The van der Waals surface area contributed by atoms with Crippen LogP contribution in [0.15, 0.2) is 4.42 Å². The summed E-state index contributed by atoms with van der Waals surface area (Å²) in [5, 5.41) is 320. The van der Waals surface area contributed by atoms with Crippen LogP contribution in [0.2, 0.25) is 0 Å². The van der Waals surface area contributed by atoms with Crippen LogP contribution < -0.4 is 4.74 Å². The van der Waals surface area contributed by atoms with Crippen molar-refractivity contribution in [1.29, 1.82) is 0 Å². The number of phenolic OH excluding ortho intramolecular Hbond substituents is 27. The van der Waals surface area contributed by atoms with E-state index < -0.39 is 277 Å². The Labute approximate surface area is 440 Å². The second kappa shape index (κ2) is 15.5. The zero-order valence-corrected chi connectivity index (χ0v) is 39.3. The van der Waals surface area contributed by atoms with Crippen molar-refractivity contribution in [2.24, 2.45) is 0 Å². The molecule has 31 nitrogen and oxygen atoms in total. The summed E-state index contributed by atoms with van der Waals surface area (Å²) in [5.74, 6) is -50.8. The van der Waals surface area contributed by atoms with Crippen molar-refractivity contribution < 1.29 is 157 Å². The number of aromatic hydroxyl groups is 27. The summed E-state index contributed by atoms with van der Waals surface area (Å²) in [7, 11) is 0.617. The minimum Gasteiger partial charge on any atom is -0.504 e. The maximum atomic E-state index is 12.4. The molecule has 0 unspecified atom stereocenters. The van der Waals surface area contributed by atoms with Gasteiger partial charge in [-0.1, -0.05) is 0 Å². The number of furan rings is 1. The van der Waals surface area contributed by atoms with Gasteiger partial charge in [0.1, 0.15) is 0 Å².